The molecule has 2 aromatic rings. The second-order valence-corrected chi connectivity index (χ2v) is 7.39. The van der Waals surface area contributed by atoms with Crippen molar-refractivity contribution in [3.8, 4) is 0 Å². The van der Waals surface area contributed by atoms with Crippen LogP contribution in [0.5, 0.6) is 0 Å². The molecule has 1 N–H and O–H groups in total. The minimum Gasteiger partial charge on any atom is -0.371 e. The monoisotopic (exact) mass is 297 g/mol. The van der Waals surface area contributed by atoms with E-state index in [0.29, 0.717) is 11.8 Å². The molecular formula is C19H27N3. The van der Waals surface area contributed by atoms with Crippen molar-refractivity contribution in [2.24, 2.45) is 5.92 Å². The lowest BCUT2D eigenvalue weighted by Crippen LogP contribution is -2.31. The van der Waals surface area contributed by atoms with Crippen LogP contribution in [0.2, 0.25) is 0 Å². The second-order valence-electron chi connectivity index (χ2n) is 7.39. The third-order valence-electron chi connectivity index (χ3n) is 5.38. The summed E-state index contributed by atoms with van der Waals surface area (Å²) in [5.41, 5.74) is 4.25. The first kappa shape index (κ1) is 15.1. The van der Waals surface area contributed by atoms with Gasteiger partial charge in [-0.25, -0.2) is 0 Å². The van der Waals surface area contributed by atoms with Crippen LogP contribution in [0, 0.1) is 5.92 Å². The summed E-state index contributed by atoms with van der Waals surface area (Å²) in [7, 11) is 0. The van der Waals surface area contributed by atoms with Gasteiger partial charge in [0, 0.05) is 25.0 Å². The molecule has 0 spiro atoms. The van der Waals surface area contributed by atoms with E-state index in [4.69, 9.17) is 0 Å². The van der Waals surface area contributed by atoms with Gasteiger partial charge in [-0.05, 0) is 46.9 Å². The Labute approximate surface area is 133 Å². The first-order chi connectivity index (χ1) is 10.5. The maximum absolute atomic E-state index is 4.12. The molecule has 22 heavy (non-hydrogen) atoms. The summed E-state index contributed by atoms with van der Waals surface area (Å²) in [6.07, 6.45) is 5.25. The molecule has 3 nitrogen and oxygen atoms in total. The van der Waals surface area contributed by atoms with Crippen LogP contribution >= 0.6 is 0 Å². The van der Waals surface area contributed by atoms with Crippen molar-refractivity contribution in [1.29, 1.82) is 0 Å². The van der Waals surface area contributed by atoms with Gasteiger partial charge >= 0.3 is 0 Å². The molecule has 1 aliphatic heterocycles. The predicted octanol–water partition coefficient (Wildman–Crippen LogP) is 4.34. The van der Waals surface area contributed by atoms with Gasteiger partial charge < -0.3 is 4.90 Å². The second kappa shape index (κ2) is 5.79. The quantitative estimate of drug-likeness (QED) is 0.910. The SMILES string of the molecule is CC(C)c1ccc(N2CCC(C(C)(C)c3cn[nH]c3)C2)cc1. The van der Waals surface area contributed by atoms with Gasteiger partial charge in [-0.15, -0.1) is 0 Å². The highest BCUT2D eigenvalue weighted by atomic mass is 15.2. The molecule has 0 aliphatic carbocycles. The maximum atomic E-state index is 4.12. The van der Waals surface area contributed by atoms with Gasteiger partial charge in [-0.1, -0.05) is 39.8 Å². The zero-order valence-corrected chi connectivity index (χ0v) is 14.1. The number of hydrogen-bond donors (Lipinski definition) is 1. The number of aromatic amines is 1. The fourth-order valence-corrected chi connectivity index (χ4v) is 3.49. The van der Waals surface area contributed by atoms with Crippen molar-refractivity contribution in [3.63, 3.8) is 0 Å². The lowest BCUT2D eigenvalue weighted by molar-refractivity contribution is 0.346. The number of hydrogen-bond acceptors (Lipinski definition) is 2. The molecule has 0 amide bonds. The molecule has 1 fully saturated rings. The minimum atomic E-state index is 0.166. The van der Waals surface area contributed by atoms with Gasteiger partial charge in [0.25, 0.3) is 0 Å². The van der Waals surface area contributed by atoms with Gasteiger partial charge in [0.15, 0.2) is 0 Å². The lowest BCUT2D eigenvalue weighted by Gasteiger charge is -2.31. The van der Waals surface area contributed by atoms with Gasteiger partial charge in [0.05, 0.1) is 6.20 Å². The molecule has 1 aromatic heterocycles. The molecule has 3 heteroatoms. The number of nitrogens with zero attached hydrogens (tertiary/aromatic N) is 2. The van der Waals surface area contributed by atoms with Gasteiger partial charge in [-0.2, -0.15) is 5.10 Å². The molecule has 0 bridgehead atoms. The molecule has 1 aromatic carbocycles. The lowest BCUT2D eigenvalue weighted by atomic mass is 9.74. The highest BCUT2D eigenvalue weighted by molar-refractivity contribution is 5.49. The normalized spacial score (nSPS) is 19.1. The number of rotatable bonds is 4. The van der Waals surface area contributed by atoms with Crippen LogP contribution in [0.25, 0.3) is 0 Å². The van der Waals surface area contributed by atoms with E-state index in [1.165, 1.54) is 23.2 Å². The first-order valence-electron chi connectivity index (χ1n) is 8.32. The Morgan fingerprint density at radius 2 is 1.95 bits per heavy atom. The van der Waals surface area contributed by atoms with E-state index in [1.807, 2.05) is 12.4 Å². The van der Waals surface area contributed by atoms with E-state index < -0.39 is 0 Å². The number of benzene rings is 1. The summed E-state index contributed by atoms with van der Waals surface area (Å²) >= 11 is 0. The van der Waals surface area contributed by atoms with Crippen molar-refractivity contribution >= 4 is 5.69 Å². The van der Waals surface area contributed by atoms with Crippen molar-refractivity contribution in [3.05, 3.63) is 47.8 Å². The van der Waals surface area contributed by atoms with Crippen molar-refractivity contribution in [2.45, 2.75) is 45.4 Å². The van der Waals surface area contributed by atoms with E-state index in [9.17, 15) is 0 Å². The molecule has 1 atom stereocenters. The topological polar surface area (TPSA) is 31.9 Å². The fraction of sp³-hybridized carbons (Fsp3) is 0.526. The Balaban J connectivity index is 1.72. The zero-order chi connectivity index (χ0) is 15.7. The molecule has 0 saturated carbocycles. The Bertz CT molecular complexity index is 596. The summed E-state index contributed by atoms with van der Waals surface area (Å²) in [6.45, 7) is 11.4. The number of nitrogens with one attached hydrogen (secondary N) is 1. The Hall–Kier alpha value is -1.77. The third kappa shape index (κ3) is 2.77. The minimum absolute atomic E-state index is 0.166. The number of H-pyrrole nitrogens is 1. The third-order valence-corrected chi connectivity index (χ3v) is 5.38. The smallest absolute Gasteiger partial charge is 0.0524 e. The zero-order valence-electron chi connectivity index (χ0n) is 14.1. The summed E-state index contributed by atoms with van der Waals surface area (Å²) in [5.74, 6) is 1.26. The Kier molecular flexibility index (Phi) is 3.98. The average molecular weight is 297 g/mol. The molecule has 3 rings (SSSR count). The van der Waals surface area contributed by atoms with Crippen LogP contribution in [0.3, 0.4) is 0 Å². The largest absolute Gasteiger partial charge is 0.371 e. The first-order valence-corrected chi connectivity index (χ1v) is 8.32. The van der Waals surface area contributed by atoms with Crippen molar-refractivity contribution in [1.82, 2.24) is 10.2 Å². The Morgan fingerprint density at radius 3 is 2.55 bits per heavy atom. The van der Waals surface area contributed by atoms with Gasteiger partial charge in [-0.3, -0.25) is 5.10 Å². The number of aromatic nitrogens is 2. The number of anilines is 1. The van der Waals surface area contributed by atoms with Crippen molar-refractivity contribution < 1.29 is 0 Å². The summed E-state index contributed by atoms with van der Waals surface area (Å²) in [5, 5.41) is 7.08. The predicted molar refractivity (Wildman–Crippen MR) is 92.5 cm³/mol. The van der Waals surface area contributed by atoms with Gasteiger partial charge in [0.2, 0.25) is 0 Å². The van der Waals surface area contributed by atoms with Crippen LogP contribution in [0.15, 0.2) is 36.7 Å². The molecule has 1 aliphatic rings. The van der Waals surface area contributed by atoms with E-state index in [0.717, 1.165) is 13.1 Å². The molecule has 0 radical (unpaired) electrons. The highest BCUT2D eigenvalue weighted by Gasteiger charge is 2.37. The molecule has 118 valence electrons. The molecule has 1 unspecified atom stereocenters. The van der Waals surface area contributed by atoms with E-state index in [2.05, 4.69) is 67.1 Å². The molecule has 1 saturated heterocycles. The van der Waals surface area contributed by atoms with E-state index in [1.54, 1.807) is 0 Å². The fourth-order valence-electron chi connectivity index (χ4n) is 3.49. The summed E-state index contributed by atoms with van der Waals surface area (Å²) in [6, 6.07) is 9.11. The van der Waals surface area contributed by atoms with Crippen LogP contribution in [0.1, 0.15) is 51.2 Å². The molecule has 2 heterocycles. The van der Waals surface area contributed by atoms with E-state index in [-0.39, 0.29) is 5.41 Å². The maximum Gasteiger partial charge on any atom is 0.0524 e. The van der Waals surface area contributed by atoms with Crippen molar-refractivity contribution in [2.75, 3.05) is 18.0 Å². The van der Waals surface area contributed by atoms with E-state index >= 15 is 0 Å². The Morgan fingerprint density at radius 1 is 1.23 bits per heavy atom. The summed E-state index contributed by atoms with van der Waals surface area (Å²) in [4.78, 5) is 2.52. The average Bonchev–Trinajstić information content (AvgIpc) is 3.19. The van der Waals surface area contributed by atoms with Crippen LogP contribution in [-0.2, 0) is 5.41 Å². The highest BCUT2D eigenvalue weighted by Crippen LogP contribution is 2.38. The van der Waals surface area contributed by atoms with Gasteiger partial charge in [0.1, 0.15) is 0 Å². The van der Waals surface area contributed by atoms with Crippen LogP contribution < -0.4 is 4.90 Å². The molecular weight excluding hydrogens is 270 g/mol. The van der Waals surface area contributed by atoms with Crippen LogP contribution in [-0.4, -0.2) is 23.3 Å². The summed E-state index contributed by atoms with van der Waals surface area (Å²) < 4.78 is 0. The standard InChI is InChI=1S/C19H27N3/c1-14(2)15-5-7-18(8-6-15)22-10-9-16(13-22)19(3,4)17-11-20-21-12-17/h5-8,11-12,14,16H,9-10,13H2,1-4H3,(H,20,21). The van der Waals surface area contributed by atoms with Crippen LogP contribution in [0.4, 0.5) is 5.69 Å².